The number of rotatable bonds is 1. The summed E-state index contributed by atoms with van der Waals surface area (Å²) in [5.41, 5.74) is 15.0. The maximum absolute atomic E-state index is 8.16. The highest BCUT2D eigenvalue weighted by atomic mass is 16.3. The van der Waals surface area contributed by atoms with Gasteiger partial charge in [-0.15, -0.1) is 0 Å². The first-order valence-corrected chi connectivity index (χ1v) is 1.79. The molecule has 7 N–H and O–H groups in total. The van der Waals surface area contributed by atoms with Gasteiger partial charge in [0.1, 0.15) is 5.82 Å². The Hall–Kier alpha value is -0.900. The molecule has 0 unspecified atom stereocenters. The minimum absolute atomic E-state index is 0.0116. The van der Waals surface area contributed by atoms with Crippen LogP contribution >= 0.6 is 0 Å². The van der Waals surface area contributed by atoms with E-state index in [1.165, 1.54) is 0 Å². The van der Waals surface area contributed by atoms with Gasteiger partial charge in [0.2, 0.25) is 0 Å². The normalized spacial score (nSPS) is 8.14. The molecule has 0 saturated heterocycles. The average molecular weight is 103 g/mol. The minimum Gasteiger partial charge on any atom is -0.397 e. The second-order valence-electron chi connectivity index (χ2n) is 1.14. The zero-order valence-corrected chi connectivity index (χ0v) is 3.89. The molecular formula is C3H9N3O. The fraction of sp³-hybridized carbons (Fsp3) is 0.333. The third kappa shape index (κ3) is 1.88. The number of aliphatic hydroxyl groups is 1. The molecule has 0 fully saturated rings. The molecule has 0 radical (unpaired) electrons. The van der Waals surface area contributed by atoms with E-state index in [1.54, 1.807) is 0 Å². The van der Waals surface area contributed by atoms with Crippen molar-refractivity contribution in [1.29, 1.82) is 0 Å². The van der Waals surface area contributed by atoms with Gasteiger partial charge in [-0.25, -0.2) is 0 Å². The van der Waals surface area contributed by atoms with Gasteiger partial charge < -0.3 is 22.3 Å². The third-order valence-electron chi connectivity index (χ3n) is 0.541. The monoisotopic (exact) mass is 103 g/mol. The van der Waals surface area contributed by atoms with Crippen LogP contribution in [0.5, 0.6) is 0 Å². The molecule has 4 nitrogen and oxygen atoms in total. The zero-order chi connectivity index (χ0) is 5.86. The molecule has 0 aliphatic carbocycles. The van der Waals surface area contributed by atoms with E-state index in [9.17, 15) is 0 Å². The van der Waals surface area contributed by atoms with E-state index >= 15 is 0 Å². The summed E-state index contributed by atoms with van der Waals surface area (Å²) in [5.74, 6) is -0.0116. The van der Waals surface area contributed by atoms with Crippen LogP contribution < -0.4 is 17.2 Å². The van der Waals surface area contributed by atoms with Gasteiger partial charge in [0.15, 0.2) is 0 Å². The van der Waals surface area contributed by atoms with Gasteiger partial charge in [-0.05, 0) is 0 Å². The maximum Gasteiger partial charge on any atom is 0.115 e. The fourth-order valence-electron chi connectivity index (χ4n) is 0.0913. The zero-order valence-electron chi connectivity index (χ0n) is 3.89. The Morgan fingerprint density at radius 2 is 1.71 bits per heavy atom. The standard InChI is InChI=1S/C3H9N3O/c4-2(1-7)3(5)6/h7H,1,4-6H2. The first-order valence-electron chi connectivity index (χ1n) is 1.79. The summed E-state index contributed by atoms with van der Waals surface area (Å²) >= 11 is 0. The highest BCUT2D eigenvalue weighted by molar-refractivity contribution is 5.02. The largest absolute Gasteiger partial charge is 0.397 e. The molecule has 0 rings (SSSR count). The Morgan fingerprint density at radius 1 is 1.29 bits per heavy atom. The van der Waals surface area contributed by atoms with Crippen molar-refractivity contribution >= 4 is 0 Å². The second kappa shape index (κ2) is 2.30. The van der Waals surface area contributed by atoms with Crippen LogP contribution in [-0.4, -0.2) is 11.7 Å². The molecule has 0 saturated carbocycles. The number of hydrogen-bond acceptors (Lipinski definition) is 4. The summed E-state index contributed by atoms with van der Waals surface area (Å²) < 4.78 is 0. The minimum atomic E-state index is -0.275. The van der Waals surface area contributed by atoms with E-state index in [4.69, 9.17) is 22.3 Å². The topological polar surface area (TPSA) is 98.3 Å². The van der Waals surface area contributed by atoms with Crippen molar-refractivity contribution in [1.82, 2.24) is 0 Å². The lowest BCUT2D eigenvalue weighted by atomic mass is 10.5. The number of nitrogens with two attached hydrogens (primary N) is 3. The Balaban J connectivity index is 3.72. The smallest absolute Gasteiger partial charge is 0.115 e. The Bertz CT molecular complexity index is 84.2. The van der Waals surface area contributed by atoms with Gasteiger partial charge in [-0.3, -0.25) is 0 Å². The molecule has 0 aliphatic heterocycles. The summed E-state index contributed by atoms with van der Waals surface area (Å²) in [4.78, 5) is 0. The lowest BCUT2D eigenvalue weighted by Crippen LogP contribution is -2.19. The third-order valence-corrected chi connectivity index (χ3v) is 0.541. The van der Waals surface area contributed by atoms with Crippen LogP contribution in [-0.2, 0) is 0 Å². The summed E-state index contributed by atoms with van der Waals surface area (Å²) in [6.07, 6.45) is 0. The highest BCUT2D eigenvalue weighted by Gasteiger charge is 1.86. The molecule has 0 atom stereocenters. The maximum atomic E-state index is 8.16. The molecule has 7 heavy (non-hydrogen) atoms. The molecule has 0 amide bonds. The van der Waals surface area contributed by atoms with Gasteiger partial charge in [0, 0.05) is 0 Å². The Labute approximate surface area is 41.6 Å². The summed E-state index contributed by atoms with van der Waals surface area (Å²) in [6.45, 7) is -0.275. The molecule has 0 aromatic heterocycles. The Morgan fingerprint density at radius 3 is 1.71 bits per heavy atom. The van der Waals surface area contributed by atoms with Crippen LogP contribution in [0.1, 0.15) is 0 Å². The lowest BCUT2D eigenvalue weighted by Gasteiger charge is -1.94. The molecule has 0 spiro atoms. The lowest BCUT2D eigenvalue weighted by molar-refractivity contribution is 0.328. The number of hydrogen-bond donors (Lipinski definition) is 4. The van der Waals surface area contributed by atoms with Crippen LogP contribution in [0, 0.1) is 0 Å². The van der Waals surface area contributed by atoms with E-state index in [0.717, 1.165) is 0 Å². The van der Waals surface area contributed by atoms with Crippen molar-refractivity contribution in [3.05, 3.63) is 11.5 Å². The first kappa shape index (κ1) is 6.10. The van der Waals surface area contributed by atoms with Crippen molar-refractivity contribution < 1.29 is 5.11 Å². The van der Waals surface area contributed by atoms with Crippen molar-refractivity contribution in [2.24, 2.45) is 17.2 Å². The van der Waals surface area contributed by atoms with Crippen LogP contribution in [0.3, 0.4) is 0 Å². The molecule has 0 heterocycles. The van der Waals surface area contributed by atoms with Crippen molar-refractivity contribution in [3.8, 4) is 0 Å². The second-order valence-corrected chi connectivity index (χ2v) is 1.14. The molecular weight excluding hydrogens is 94.1 g/mol. The quantitative estimate of drug-likeness (QED) is 0.309. The predicted molar refractivity (Wildman–Crippen MR) is 26.7 cm³/mol. The average Bonchev–Trinajstić information content (AvgIpc) is 1.65. The summed E-state index contributed by atoms with van der Waals surface area (Å²) in [6, 6.07) is 0. The molecule has 0 aromatic carbocycles. The van der Waals surface area contributed by atoms with Crippen molar-refractivity contribution in [3.63, 3.8) is 0 Å². The summed E-state index contributed by atoms with van der Waals surface area (Å²) in [7, 11) is 0. The number of aliphatic hydroxyl groups excluding tert-OH is 1. The van der Waals surface area contributed by atoms with Gasteiger partial charge in [-0.2, -0.15) is 0 Å². The van der Waals surface area contributed by atoms with Crippen molar-refractivity contribution in [2.45, 2.75) is 0 Å². The molecule has 4 heteroatoms. The van der Waals surface area contributed by atoms with Crippen LogP contribution in [0.2, 0.25) is 0 Å². The van der Waals surface area contributed by atoms with Gasteiger partial charge in [0.25, 0.3) is 0 Å². The van der Waals surface area contributed by atoms with Gasteiger partial charge in [-0.1, -0.05) is 0 Å². The van der Waals surface area contributed by atoms with E-state index in [0.29, 0.717) is 0 Å². The van der Waals surface area contributed by atoms with Gasteiger partial charge in [0.05, 0.1) is 12.3 Å². The predicted octanol–water partition coefficient (Wildman–Crippen LogP) is -1.98. The molecule has 42 valence electrons. The van der Waals surface area contributed by atoms with Crippen LogP contribution in [0.4, 0.5) is 0 Å². The van der Waals surface area contributed by atoms with E-state index in [-0.39, 0.29) is 18.1 Å². The van der Waals surface area contributed by atoms with Gasteiger partial charge >= 0.3 is 0 Å². The molecule has 0 aromatic rings. The van der Waals surface area contributed by atoms with E-state index in [2.05, 4.69) is 0 Å². The molecule has 0 bridgehead atoms. The SMILES string of the molecule is NC(N)=C(N)CO. The van der Waals surface area contributed by atoms with E-state index < -0.39 is 0 Å². The molecule has 0 aliphatic rings. The highest BCUT2D eigenvalue weighted by Crippen LogP contribution is 1.76. The fourth-order valence-corrected chi connectivity index (χ4v) is 0.0913. The summed E-state index contributed by atoms with van der Waals surface area (Å²) in [5, 5.41) is 8.16. The Kier molecular flexibility index (Phi) is 2.01. The van der Waals surface area contributed by atoms with Crippen LogP contribution in [0.15, 0.2) is 11.5 Å². The van der Waals surface area contributed by atoms with Crippen LogP contribution in [0.25, 0.3) is 0 Å². The first-order chi connectivity index (χ1) is 3.18. The van der Waals surface area contributed by atoms with E-state index in [1.807, 2.05) is 0 Å². The van der Waals surface area contributed by atoms with Crippen molar-refractivity contribution in [2.75, 3.05) is 6.61 Å².